The molecular weight excluding hydrogens is 948 g/mol. The fourth-order valence-corrected chi connectivity index (χ4v) is 13.0. The number of ether oxygens (including phenoxy) is 4. The van der Waals surface area contributed by atoms with Crippen LogP contribution in [0.3, 0.4) is 0 Å². The van der Waals surface area contributed by atoms with Crippen LogP contribution in [0.1, 0.15) is 93.6 Å². The number of amides is 1. The average Bonchev–Trinajstić information content (AvgIpc) is 4.03. The Hall–Kier alpha value is -5.66. The van der Waals surface area contributed by atoms with Crippen LogP contribution in [0.5, 0.6) is 11.6 Å². The maximum atomic E-state index is 14.7. The van der Waals surface area contributed by atoms with Crippen LogP contribution in [0.15, 0.2) is 83.9 Å². The number of aromatic nitrogens is 2. The molecule has 3 N–H and O–H groups in total. The van der Waals surface area contributed by atoms with E-state index in [0.717, 1.165) is 74.6 Å². The van der Waals surface area contributed by atoms with Crippen LogP contribution in [-0.4, -0.2) is 111 Å². The number of benzene rings is 3. The number of nitrogens with one attached hydrogen (secondary N) is 3. The molecule has 1 aliphatic carbocycles. The number of halogens is 1. The number of carbonyl (C=O) groups excluding carboxylic acids is 1. The highest BCUT2D eigenvalue weighted by atomic mass is 35.5. The van der Waals surface area contributed by atoms with E-state index in [0.29, 0.717) is 74.4 Å². The van der Waals surface area contributed by atoms with Crippen LogP contribution in [0.4, 0.5) is 28.4 Å². The number of carbonyl (C=O) groups is 1. The minimum atomic E-state index is -4.59. The summed E-state index contributed by atoms with van der Waals surface area (Å²) in [5.74, 6) is 0.773. The quantitative estimate of drug-likeness (QED) is 0.0748. The summed E-state index contributed by atoms with van der Waals surface area (Å²) in [7, 11) is -4.59. The van der Waals surface area contributed by atoms with Crippen LogP contribution in [0.2, 0.25) is 0 Å². The largest absolute Gasteiger partial charge is 0.491 e. The summed E-state index contributed by atoms with van der Waals surface area (Å²) in [5, 5.41) is 16.3. The summed E-state index contributed by atoms with van der Waals surface area (Å²) >= 11 is 0. The summed E-state index contributed by atoms with van der Waals surface area (Å²) in [6.07, 6.45) is 10.5. The van der Waals surface area contributed by atoms with Crippen LogP contribution in [0.25, 0.3) is 11.0 Å². The first kappa shape index (κ1) is 48.9. The molecule has 1 spiro atoms. The SMILES string of the molecule is CC(C)Oc1ccccc1[C@@H]1CCCN1C1CC2(CCN(c3ccc(C(=O)NS(=O)(=O)c4ccc(NCC5CCOCC5)c([N+](=O)[O-])c4)c(N4c5cc6cc[nH]c6nc5O[C@H]5COCC[C@@H]54)c3)CC2)C1.Cl. The second-order valence-electron chi connectivity index (χ2n) is 20.3. The molecule has 1 amide bonds. The predicted octanol–water partition coefficient (Wildman–Crippen LogP) is 8.91. The molecule has 6 aliphatic rings. The smallest absolute Gasteiger partial charge is 0.293 e. The predicted molar refractivity (Wildman–Crippen MR) is 273 cm³/mol. The van der Waals surface area contributed by atoms with E-state index in [1.807, 2.05) is 30.5 Å². The zero-order valence-corrected chi connectivity index (χ0v) is 41.9. The Bertz CT molecular complexity index is 2880. The number of para-hydroxylation sites is 1. The Morgan fingerprint density at radius 2 is 1.75 bits per heavy atom. The van der Waals surface area contributed by atoms with E-state index in [1.165, 1.54) is 37.0 Å². The standard InChI is InChI=1S/C52H62N8O9S.ClH/c1-33(2)68-47-8-4-3-6-39(47)42-7-5-20-58(42)37-29-52(30-37)17-21-57(22-18-52)36-9-11-40(44(27-36)59-43-16-25-67-32-48(43)69-51-46(59)26-35-13-19-53-49(35)55-51)50(61)56-70(64,65)38-10-12-41(45(28-38)60(62)63)54-31-34-14-23-66-24-15-34;/h3-4,6,8-13,19,26-28,33-34,37,42-43,48,54H,5,7,14-18,20-25,29-32H2,1-2H3,(H,53,55)(H,56,61);1H/t42-,43-,48-;/m0./s1. The van der Waals surface area contributed by atoms with Gasteiger partial charge < -0.3 is 39.0 Å². The number of nitro groups is 1. The number of anilines is 4. The lowest BCUT2D eigenvalue weighted by molar-refractivity contribution is -0.384. The number of aromatic amines is 1. The Morgan fingerprint density at radius 1 is 0.958 bits per heavy atom. The van der Waals surface area contributed by atoms with Gasteiger partial charge in [0.05, 0.1) is 39.8 Å². The van der Waals surface area contributed by atoms with Gasteiger partial charge in [0.15, 0.2) is 0 Å². The fraction of sp³-hybridized carbons (Fsp3) is 0.500. The molecule has 71 heavy (non-hydrogen) atoms. The first-order valence-electron chi connectivity index (χ1n) is 25.0. The Morgan fingerprint density at radius 3 is 2.54 bits per heavy atom. The van der Waals surface area contributed by atoms with Crippen LogP contribution in [-0.2, 0) is 19.5 Å². The average molecular weight is 1010 g/mol. The lowest BCUT2D eigenvalue weighted by atomic mass is 9.60. The van der Waals surface area contributed by atoms with Gasteiger partial charge in [-0.25, -0.2) is 13.1 Å². The van der Waals surface area contributed by atoms with Gasteiger partial charge in [-0.1, -0.05) is 18.2 Å². The number of likely N-dealkylation sites (tertiary alicyclic amines) is 1. The molecule has 1 saturated carbocycles. The number of H-pyrrole nitrogens is 1. The second kappa shape index (κ2) is 20.1. The highest BCUT2D eigenvalue weighted by Crippen LogP contribution is 2.55. The summed E-state index contributed by atoms with van der Waals surface area (Å²) in [5.41, 5.74) is 4.23. The van der Waals surface area contributed by atoms with Crippen molar-refractivity contribution < 1.29 is 37.1 Å². The zero-order chi connectivity index (χ0) is 48.1. The van der Waals surface area contributed by atoms with Gasteiger partial charge in [0.2, 0.25) is 5.88 Å². The maximum Gasteiger partial charge on any atom is 0.293 e. The molecule has 2 aromatic heterocycles. The molecule has 3 atom stereocenters. The molecule has 0 bridgehead atoms. The lowest BCUT2D eigenvalue weighted by Crippen LogP contribution is -2.55. The lowest BCUT2D eigenvalue weighted by Gasteiger charge is -2.56. The first-order valence-corrected chi connectivity index (χ1v) is 26.5. The van der Waals surface area contributed by atoms with E-state index >= 15 is 0 Å². The summed E-state index contributed by atoms with van der Waals surface area (Å²) < 4.78 is 54.7. The van der Waals surface area contributed by atoms with Gasteiger partial charge in [0, 0.05) is 80.4 Å². The van der Waals surface area contributed by atoms with Gasteiger partial charge >= 0.3 is 0 Å². The van der Waals surface area contributed by atoms with Crippen molar-refractivity contribution in [1.29, 1.82) is 0 Å². The van der Waals surface area contributed by atoms with Crippen LogP contribution < -0.4 is 29.3 Å². The van der Waals surface area contributed by atoms with Crippen molar-refractivity contribution in [3.05, 3.63) is 100 Å². The number of nitro benzene ring substituents is 1. The van der Waals surface area contributed by atoms with Crippen molar-refractivity contribution in [1.82, 2.24) is 19.6 Å². The van der Waals surface area contributed by atoms with E-state index in [9.17, 15) is 23.3 Å². The number of sulfonamides is 1. The first-order chi connectivity index (χ1) is 33.9. The summed E-state index contributed by atoms with van der Waals surface area (Å²) in [6.45, 7) is 9.46. The van der Waals surface area contributed by atoms with Gasteiger partial charge in [-0.3, -0.25) is 19.8 Å². The van der Waals surface area contributed by atoms with Crippen LogP contribution >= 0.6 is 12.4 Å². The number of pyridine rings is 1. The third-order valence-electron chi connectivity index (χ3n) is 15.6. The van der Waals surface area contributed by atoms with Gasteiger partial charge in [-0.15, -0.1) is 12.4 Å². The summed E-state index contributed by atoms with van der Waals surface area (Å²) in [4.78, 5) is 41.2. The van der Waals surface area contributed by atoms with Gasteiger partial charge in [0.25, 0.3) is 21.6 Å². The third kappa shape index (κ3) is 9.73. The molecule has 0 unspecified atom stereocenters. The van der Waals surface area contributed by atoms with Crippen molar-refractivity contribution in [3.63, 3.8) is 0 Å². The molecular formula is C52H63ClN8O9S. The number of hydrogen-bond donors (Lipinski definition) is 3. The number of nitrogens with zero attached hydrogens (tertiary/aromatic N) is 5. The molecule has 4 saturated heterocycles. The molecule has 5 aliphatic heterocycles. The van der Waals surface area contributed by atoms with Crippen molar-refractivity contribution in [2.75, 3.05) is 67.7 Å². The number of hydrogen-bond acceptors (Lipinski definition) is 14. The van der Waals surface area contributed by atoms with Crippen molar-refractivity contribution in [3.8, 4) is 11.6 Å². The molecule has 17 nitrogen and oxygen atoms in total. The van der Waals surface area contributed by atoms with Gasteiger partial charge in [-0.05, 0) is 138 Å². The summed E-state index contributed by atoms with van der Waals surface area (Å²) in [6, 6.07) is 22.4. The van der Waals surface area contributed by atoms with E-state index in [1.54, 1.807) is 6.07 Å². The van der Waals surface area contributed by atoms with E-state index < -0.39 is 37.5 Å². The topological polar surface area (TPSA) is 194 Å². The zero-order valence-electron chi connectivity index (χ0n) is 40.2. The normalized spacial score (nSPS) is 22.5. The molecule has 19 heteroatoms. The molecule has 378 valence electrons. The molecule has 5 fully saturated rings. The van der Waals surface area contributed by atoms with Crippen LogP contribution in [0, 0.1) is 21.4 Å². The monoisotopic (exact) mass is 1010 g/mol. The number of rotatable bonds is 13. The molecule has 7 heterocycles. The number of piperidine rings is 1. The minimum Gasteiger partial charge on any atom is -0.491 e. The van der Waals surface area contributed by atoms with Gasteiger partial charge in [-0.2, -0.15) is 4.98 Å². The van der Waals surface area contributed by atoms with Crippen molar-refractivity contribution in [2.45, 2.75) is 107 Å². The third-order valence-corrected chi connectivity index (χ3v) is 17.0. The van der Waals surface area contributed by atoms with Crippen molar-refractivity contribution >= 4 is 67.8 Å². The molecule has 0 radical (unpaired) electrons. The molecule has 5 aromatic rings. The number of fused-ring (bicyclic) bond motifs is 3. The van der Waals surface area contributed by atoms with E-state index in [-0.39, 0.29) is 47.1 Å². The Labute approximate surface area is 420 Å². The second-order valence-corrected chi connectivity index (χ2v) is 22.0. The highest BCUT2D eigenvalue weighted by Gasteiger charge is 2.50. The Balaban J connectivity index is 0.00000582. The molecule has 3 aromatic carbocycles. The van der Waals surface area contributed by atoms with E-state index in [2.05, 4.69) is 67.8 Å². The fourth-order valence-electron chi connectivity index (χ4n) is 12.0. The van der Waals surface area contributed by atoms with Gasteiger partial charge in [0.1, 0.15) is 28.9 Å². The maximum absolute atomic E-state index is 14.7. The Kier molecular flexibility index (Phi) is 13.9. The highest BCUT2D eigenvalue weighted by molar-refractivity contribution is 7.90. The molecule has 11 rings (SSSR count). The minimum absolute atomic E-state index is 0. The van der Waals surface area contributed by atoms with E-state index in [4.69, 9.17) is 23.9 Å². The van der Waals surface area contributed by atoms with Crippen molar-refractivity contribution in [2.24, 2.45) is 11.3 Å².